The van der Waals surface area contributed by atoms with E-state index in [1.165, 1.54) is 0 Å². The Kier molecular flexibility index (Phi) is 6.43. The molecule has 2 aromatic heterocycles. The van der Waals surface area contributed by atoms with Gasteiger partial charge in [0.1, 0.15) is 11.4 Å². The molecule has 0 amide bonds. The van der Waals surface area contributed by atoms with Crippen molar-refractivity contribution in [1.29, 1.82) is 0 Å². The van der Waals surface area contributed by atoms with Crippen molar-refractivity contribution < 1.29 is 4.42 Å². The summed E-state index contributed by atoms with van der Waals surface area (Å²) < 4.78 is 5.77. The first-order chi connectivity index (χ1) is 16.9. The Morgan fingerprint density at radius 2 is 1.69 bits per heavy atom. The van der Waals surface area contributed by atoms with Crippen molar-refractivity contribution >= 4 is 33.6 Å². The minimum atomic E-state index is 0.0577. The molecular weight excluding hydrogens is 438 g/mol. The maximum absolute atomic E-state index is 13.0. The first kappa shape index (κ1) is 23.3. The molecule has 5 rings (SSSR count). The first-order valence-electron chi connectivity index (χ1n) is 12.3. The number of rotatable bonds is 6. The van der Waals surface area contributed by atoms with Crippen LogP contribution in [-0.4, -0.2) is 36.1 Å². The van der Waals surface area contributed by atoms with Crippen LogP contribution in [-0.2, 0) is 6.54 Å². The minimum absolute atomic E-state index is 0.0577. The number of nitrogens with one attached hydrogen (secondary N) is 2. The second-order valence-electron chi connectivity index (χ2n) is 9.88. The van der Waals surface area contributed by atoms with E-state index in [1.807, 2.05) is 63.2 Å². The monoisotopic (exact) mass is 471 g/mol. The predicted octanol–water partition coefficient (Wildman–Crippen LogP) is 4.93. The van der Waals surface area contributed by atoms with Gasteiger partial charge in [0.25, 0.3) is 0 Å². The third kappa shape index (κ3) is 4.86. The number of hydrogen-bond acceptors (Lipinski definition) is 7. The van der Waals surface area contributed by atoms with E-state index in [4.69, 9.17) is 14.4 Å². The molecule has 1 aliphatic rings. The summed E-state index contributed by atoms with van der Waals surface area (Å²) in [5.74, 6) is 1.61. The zero-order chi connectivity index (χ0) is 24.5. The number of para-hydroxylation sites is 1. The van der Waals surface area contributed by atoms with Crippen molar-refractivity contribution in [3.63, 3.8) is 0 Å². The van der Waals surface area contributed by atoms with Gasteiger partial charge < -0.3 is 20.0 Å². The summed E-state index contributed by atoms with van der Waals surface area (Å²) in [6.07, 6.45) is 5.72. The molecule has 0 unspecified atom stereocenters. The van der Waals surface area contributed by atoms with Crippen LogP contribution >= 0.6 is 0 Å². The van der Waals surface area contributed by atoms with E-state index < -0.39 is 0 Å². The number of aromatic nitrogens is 2. The van der Waals surface area contributed by atoms with Crippen LogP contribution in [0, 0.1) is 13.8 Å². The lowest BCUT2D eigenvalue weighted by molar-refractivity contribution is 0.351. The lowest BCUT2D eigenvalue weighted by Crippen LogP contribution is -2.37. The molecule has 1 aliphatic carbocycles. The van der Waals surface area contributed by atoms with Gasteiger partial charge in [-0.25, -0.2) is 4.98 Å². The molecule has 35 heavy (non-hydrogen) atoms. The highest BCUT2D eigenvalue weighted by Gasteiger charge is 2.22. The quantitative estimate of drug-likeness (QED) is 0.412. The zero-order valence-electron chi connectivity index (χ0n) is 20.9. The number of anilines is 2. The number of benzene rings is 2. The predicted molar refractivity (Wildman–Crippen MR) is 142 cm³/mol. The molecule has 7 nitrogen and oxygen atoms in total. The van der Waals surface area contributed by atoms with E-state index >= 15 is 0 Å². The maximum Gasteiger partial charge on any atom is 0.225 e. The Bertz CT molecular complexity index is 1420. The van der Waals surface area contributed by atoms with Crippen LogP contribution in [0.2, 0.25) is 0 Å². The average molecular weight is 472 g/mol. The second kappa shape index (κ2) is 9.66. The van der Waals surface area contributed by atoms with Crippen molar-refractivity contribution in [1.82, 2.24) is 15.3 Å². The topological polar surface area (TPSA) is 83.3 Å². The van der Waals surface area contributed by atoms with Crippen molar-refractivity contribution in [3.05, 3.63) is 69.6 Å². The zero-order valence-corrected chi connectivity index (χ0v) is 20.9. The summed E-state index contributed by atoms with van der Waals surface area (Å²) in [6.45, 7) is 4.58. The standard InChI is InChI=1S/C28H33N5O2/c1-17-13-23-25(14-18(17)2)35-16-19(26(23)34)15-29-20-9-11-21(12-10-20)30-28-31-24-8-6-5-7-22(24)27(32-28)33(3)4/h5-8,13-14,16,20-21,29H,9-12,15H2,1-4H3,(H,30,31,32). The Morgan fingerprint density at radius 1 is 0.971 bits per heavy atom. The summed E-state index contributed by atoms with van der Waals surface area (Å²) in [6, 6.07) is 12.7. The summed E-state index contributed by atoms with van der Waals surface area (Å²) in [5, 5.41) is 8.85. The molecule has 7 heteroatoms. The van der Waals surface area contributed by atoms with Gasteiger partial charge in [0.05, 0.1) is 17.2 Å². The number of nitrogens with zero attached hydrogens (tertiary/aromatic N) is 3. The van der Waals surface area contributed by atoms with Crippen molar-refractivity contribution in [2.75, 3.05) is 24.3 Å². The maximum atomic E-state index is 13.0. The van der Waals surface area contributed by atoms with E-state index in [-0.39, 0.29) is 5.43 Å². The minimum Gasteiger partial charge on any atom is -0.464 e. The fraction of sp³-hybridized carbons (Fsp3) is 0.393. The molecule has 1 fully saturated rings. The first-order valence-corrected chi connectivity index (χ1v) is 12.3. The SMILES string of the molecule is Cc1cc2occ(CNC3CCC(Nc4nc(N(C)C)c5ccccc5n4)CC3)c(=O)c2cc1C. The molecule has 0 radical (unpaired) electrons. The largest absolute Gasteiger partial charge is 0.464 e. The van der Waals surface area contributed by atoms with Crippen LogP contribution in [0.25, 0.3) is 21.9 Å². The summed E-state index contributed by atoms with van der Waals surface area (Å²) in [4.78, 5) is 24.5. The van der Waals surface area contributed by atoms with Crippen LogP contribution in [0.5, 0.6) is 0 Å². The van der Waals surface area contributed by atoms with Crippen molar-refractivity contribution in [3.8, 4) is 0 Å². The van der Waals surface area contributed by atoms with Gasteiger partial charge in [-0.3, -0.25) is 4.79 Å². The Morgan fingerprint density at radius 3 is 2.46 bits per heavy atom. The lowest BCUT2D eigenvalue weighted by Gasteiger charge is -2.30. The highest BCUT2D eigenvalue weighted by molar-refractivity contribution is 5.90. The average Bonchev–Trinajstić information content (AvgIpc) is 2.85. The van der Waals surface area contributed by atoms with Crippen molar-refractivity contribution in [2.24, 2.45) is 0 Å². The smallest absolute Gasteiger partial charge is 0.225 e. The van der Waals surface area contributed by atoms with Gasteiger partial charge >= 0.3 is 0 Å². The molecule has 1 saturated carbocycles. The highest BCUT2D eigenvalue weighted by atomic mass is 16.3. The van der Waals surface area contributed by atoms with Crippen molar-refractivity contribution in [2.45, 2.75) is 58.2 Å². The van der Waals surface area contributed by atoms with Crippen LogP contribution in [0.15, 0.2) is 51.9 Å². The molecule has 4 aromatic rings. The van der Waals surface area contributed by atoms with Gasteiger partial charge in [0, 0.05) is 43.7 Å². The van der Waals surface area contributed by atoms with E-state index in [2.05, 4.69) is 16.7 Å². The second-order valence-corrected chi connectivity index (χ2v) is 9.88. The number of aryl methyl sites for hydroxylation is 2. The van der Waals surface area contributed by atoms with Gasteiger partial charge in [-0.15, -0.1) is 0 Å². The molecule has 182 valence electrons. The summed E-state index contributed by atoms with van der Waals surface area (Å²) >= 11 is 0. The van der Waals surface area contributed by atoms with Crippen LogP contribution < -0.4 is 21.0 Å². The molecule has 0 bridgehead atoms. The molecule has 2 N–H and O–H groups in total. The molecular formula is C28H33N5O2. The van der Waals surface area contributed by atoms with Crippen LogP contribution in [0.4, 0.5) is 11.8 Å². The summed E-state index contributed by atoms with van der Waals surface area (Å²) in [7, 11) is 4.02. The highest BCUT2D eigenvalue weighted by Crippen LogP contribution is 2.26. The van der Waals surface area contributed by atoms with E-state index in [0.717, 1.165) is 53.5 Å². The van der Waals surface area contributed by atoms with Crippen LogP contribution in [0.3, 0.4) is 0 Å². The van der Waals surface area contributed by atoms with E-state index in [9.17, 15) is 4.79 Å². The van der Waals surface area contributed by atoms with Gasteiger partial charge in [0.2, 0.25) is 5.95 Å². The number of hydrogen-bond donors (Lipinski definition) is 2. The third-order valence-corrected chi connectivity index (χ3v) is 7.11. The normalized spacial score (nSPS) is 18.2. The van der Waals surface area contributed by atoms with Gasteiger partial charge in [0.15, 0.2) is 5.43 Å². The fourth-order valence-electron chi connectivity index (χ4n) is 4.89. The van der Waals surface area contributed by atoms with Gasteiger partial charge in [-0.2, -0.15) is 4.98 Å². The lowest BCUT2D eigenvalue weighted by atomic mass is 9.91. The third-order valence-electron chi connectivity index (χ3n) is 7.11. The molecule has 0 aliphatic heterocycles. The molecule has 2 aromatic carbocycles. The Balaban J connectivity index is 1.20. The van der Waals surface area contributed by atoms with Crippen LogP contribution in [0.1, 0.15) is 42.4 Å². The van der Waals surface area contributed by atoms with Gasteiger partial charge in [-0.1, -0.05) is 12.1 Å². The molecule has 0 atom stereocenters. The molecule has 0 spiro atoms. The summed E-state index contributed by atoms with van der Waals surface area (Å²) in [5.41, 5.74) is 4.58. The molecule has 2 heterocycles. The fourth-order valence-corrected chi connectivity index (χ4v) is 4.89. The van der Waals surface area contributed by atoms with E-state index in [1.54, 1.807) is 6.26 Å². The Hall–Kier alpha value is -3.45. The van der Waals surface area contributed by atoms with E-state index in [0.29, 0.717) is 41.1 Å². The molecule has 0 saturated heterocycles. The Labute approximate surface area is 205 Å². The number of fused-ring (bicyclic) bond motifs is 2. The van der Waals surface area contributed by atoms with Gasteiger partial charge in [-0.05, 0) is 74.9 Å².